The summed E-state index contributed by atoms with van der Waals surface area (Å²) in [5, 5.41) is 4.59. The summed E-state index contributed by atoms with van der Waals surface area (Å²) in [6, 6.07) is 20.4. The summed E-state index contributed by atoms with van der Waals surface area (Å²) in [5.74, 6) is 0.902. The smallest absolute Gasteiger partial charge is 0.274 e. The number of amides is 1. The zero-order valence-corrected chi connectivity index (χ0v) is 17.0. The van der Waals surface area contributed by atoms with Crippen LogP contribution >= 0.6 is 0 Å². The molecule has 3 heterocycles. The van der Waals surface area contributed by atoms with E-state index in [1.807, 2.05) is 42.3 Å². The van der Waals surface area contributed by atoms with Crippen LogP contribution in [0.1, 0.15) is 37.2 Å². The number of hydrogen-bond donors (Lipinski definition) is 0. The lowest BCUT2D eigenvalue weighted by molar-refractivity contribution is 0.0756. The fraction of sp³-hybridized carbons (Fsp3) is 0.250. The molecule has 0 radical (unpaired) electrons. The van der Waals surface area contributed by atoms with Crippen LogP contribution < -0.4 is 0 Å². The summed E-state index contributed by atoms with van der Waals surface area (Å²) in [4.78, 5) is 14.7. The first-order chi connectivity index (χ1) is 14.2. The van der Waals surface area contributed by atoms with E-state index >= 15 is 0 Å². The van der Waals surface area contributed by atoms with Gasteiger partial charge in [0.05, 0.1) is 0 Å². The highest BCUT2D eigenvalue weighted by molar-refractivity contribution is 5.92. The van der Waals surface area contributed by atoms with E-state index in [9.17, 15) is 4.79 Å². The summed E-state index contributed by atoms with van der Waals surface area (Å²) in [5.41, 5.74) is 3.87. The number of carbonyl (C=O) groups is 1. The van der Waals surface area contributed by atoms with Gasteiger partial charge in [0, 0.05) is 31.0 Å². The van der Waals surface area contributed by atoms with Crippen LogP contribution in [0.3, 0.4) is 0 Å². The van der Waals surface area contributed by atoms with Crippen LogP contribution in [0.15, 0.2) is 73.1 Å². The highest BCUT2D eigenvalue weighted by atomic mass is 16.2. The highest BCUT2D eigenvalue weighted by Gasteiger charge is 2.17. The second kappa shape index (κ2) is 8.35. The third kappa shape index (κ3) is 3.81. The van der Waals surface area contributed by atoms with E-state index in [2.05, 4.69) is 53.0 Å². The van der Waals surface area contributed by atoms with Crippen molar-refractivity contribution in [3.63, 3.8) is 0 Å². The van der Waals surface area contributed by atoms with Gasteiger partial charge in [0.1, 0.15) is 5.82 Å². The van der Waals surface area contributed by atoms with Crippen molar-refractivity contribution in [1.29, 1.82) is 0 Å². The van der Waals surface area contributed by atoms with Crippen molar-refractivity contribution in [1.82, 2.24) is 19.1 Å². The summed E-state index contributed by atoms with van der Waals surface area (Å²) >= 11 is 0. The van der Waals surface area contributed by atoms with Crippen LogP contribution in [0.4, 0.5) is 0 Å². The Labute approximate surface area is 171 Å². The molecule has 29 heavy (non-hydrogen) atoms. The predicted octanol–water partition coefficient (Wildman–Crippen LogP) is 5.05. The first-order valence-electron chi connectivity index (χ1n) is 10.2. The van der Waals surface area contributed by atoms with E-state index < -0.39 is 0 Å². The maximum atomic E-state index is 12.8. The zero-order valence-electron chi connectivity index (χ0n) is 17.0. The number of unbranched alkanes of at least 4 members (excludes halogenated alkanes) is 1. The van der Waals surface area contributed by atoms with Gasteiger partial charge in [-0.15, -0.1) is 0 Å². The van der Waals surface area contributed by atoms with Crippen LogP contribution in [0, 0.1) is 0 Å². The van der Waals surface area contributed by atoms with E-state index in [0.717, 1.165) is 36.3 Å². The Hall–Kier alpha value is -3.34. The number of pyridine rings is 1. The van der Waals surface area contributed by atoms with Gasteiger partial charge in [0.2, 0.25) is 0 Å². The van der Waals surface area contributed by atoms with E-state index in [4.69, 9.17) is 0 Å². The molecule has 0 aliphatic heterocycles. The van der Waals surface area contributed by atoms with Crippen LogP contribution in [-0.2, 0) is 0 Å². The van der Waals surface area contributed by atoms with Crippen LogP contribution in [0.2, 0.25) is 0 Å². The molecule has 0 saturated heterocycles. The molecule has 0 N–H and O–H groups in total. The Morgan fingerprint density at radius 3 is 2.52 bits per heavy atom. The Balaban J connectivity index is 1.66. The minimum absolute atomic E-state index is 0.00876. The number of aromatic nitrogens is 3. The Bertz CT molecular complexity index is 1110. The molecule has 5 heteroatoms. The van der Waals surface area contributed by atoms with Gasteiger partial charge in [-0.1, -0.05) is 49.7 Å². The third-order valence-corrected chi connectivity index (χ3v) is 5.23. The molecule has 5 nitrogen and oxygen atoms in total. The summed E-state index contributed by atoms with van der Waals surface area (Å²) in [7, 11) is 0. The molecule has 0 fully saturated rings. The van der Waals surface area contributed by atoms with E-state index in [1.54, 1.807) is 10.7 Å². The predicted molar refractivity (Wildman–Crippen MR) is 116 cm³/mol. The number of rotatable bonds is 7. The number of fused-ring (bicyclic) bond motifs is 1. The third-order valence-electron chi connectivity index (χ3n) is 5.23. The molecule has 1 aromatic carbocycles. The topological polar surface area (TPSA) is 42.5 Å². The number of carbonyl (C=O) groups excluding carboxylic acids is 1. The molecule has 0 bridgehead atoms. The molecule has 4 rings (SSSR count). The van der Waals surface area contributed by atoms with Crippen molar-refractivity contribution < 1.29 is 4.79 Å². The fourth-order valence-electron chi connectivity index (χ4n) is 3.55. The molecule has 0 aliphatic rings. The van der Waals surface area contributed by atoms with Gasteiger partial charge < -0.3 is 9.30 Å². The van der Waals surface area contributed by atoms with Gasteiger partial charge in [-0.25, -0.2) is 4.68 Å². The average Bonchev–Trinajstić information content (AvgIpc) is 3.41. The van der Waals surface area contributed by atoms with Crippen molar-refractivity contribution in [3.8, 4) is 16.9 Å². The van der Waals surface area contributed by atoms with Gasteiger partial charge >= 0.3 is 0 Å². The molecule has 0 spiro atoms. The van der Waals surface area contributed by atoms with Crippen LogP contribution in [-0.4, -0.2) is 38.1 Å². The lowest BCUT2D eigenvalue weighted by Crippen LogP contribution is -2.32. The van der Waals surface area contributed by atoms with Gasteiger partial charge in [-0.05, 0) is 48.7 Å². The van der Waals surface area contributed by atoms with Crippen LogP contribution in [0.5, 0.6) is 0 Å². The molecule has 3 aromatic heterocycles. The minimum atomic E-state index is -0.00876. The lowest BCUT2D eigenvalue weighted by Gasteiger charge is -2.19. The zero-order chi connectivity index (χ0) is 20.2. The average molecular weight is 386 g/mol. The van der Waals surface area contributed by atoms with Crippen molar-refractivity contribution in [2.75, 3.05) is 13.1 Å². The van der Waals surface area contributed by atoms with Gasteiger partial charge in [0.25, 0.3) is 5.91 Å². The van der Waals surface area contributed by atoms with Gasteiger partial charge in [-0.2, -0.15) is 5.10 Å². The first-order valence-corrected chi connectivity index (χ1v) is 10.2. The maximum absolute atomic E-state index is 12.8. The fourth-order valence-corrected chi connectivity index (χ4v) is 3.55. The minimum Gasteiger partial charge on any atom is -0.338 e. The Kier molecular flexibility index (Phi) is 5.47. The standard InChI is InChI=1S/C24H26N4O/c1-3-5-16-26(4-2)24(29)22-15-17-28(25-22)23-14-13-21-12-11-20(18-27(21)23)19-9-7-6-8-10-19/h6-15,17-18H,3-5,16H2,1-2H3. The molecule has 0 unspecified atom stereocenters. The summed E-state index contributed by atoms with van der Waals surface area (Å²) < 4.78 is 3.89. The monoisotopic (exact) mass is 386 g/mol. The molecular weight excluding hydrogens is 360 g/mol. The maximum Gasteiger partial charge on any atom is 0.274 e. The number of benzene rings is 1. The Morgan fingerprint density at radius 1 is 0.966 bits per heavy atom. The molecule has 0 aliphatic carbocycles. The van der Waals surface area contributed by atoms with Crippen LogP contribution in [0.25, 0.3) is 22.5 Å². The van der Waals surface area contributed by atoms with E-state index in [-0.39, 0.29) is 5.91 Å². The highest BCUT2D eigenvalue weighted by Crippen LogP contribution is 2.23. The molecule has 148 valence electrons. The quantitative estimate of drug-likeness (QED) is 0.446. The van der Waals surface area contributed by atoms with E-state index in [0.29, 0.717) is 12.2 Å². The first kappa shape index (κ1) is 19.0. The van der Waals surface area contributed by atoms with Crippen molar-refractivity contribution >= 4 is 11.4 Å². The normalized spacial score (nSPS) is 11.1. The second-order valence-corrected chi connectivity index (χ2v) is 7.15. The molecule has 4 aromatic rings. The number of nitrogens with zero attached hydrogens (tertiary/aromatic N) is 4. The molecule has 1 amide bonds. The van der Waals surface area contributed by atoms with Crippen molar-refractivity contribution in [2.45, 2.75) is 26.7 Å². The Morgan fingerprint density at radius 2 is 1.76 bits per heavy atom. The van der Waals surface area contributed by atoms with Gasteiger partial charge in [0.15, 0.2) is 5.69 Å². The second-order valence-electron chi connectivity index (χ2n) is 7.15. The van der Waals surface area contributed by atoms with Crippen molar-refractivity contribution in [3.05, 3.63) is 78.8 Å². The van der Waals surface area contributed by atoms with Gasteiger partial charge in [-0.3, -0.25) is 4.79 Å². The SMILES string of the molecule is CCCCN(CC)C(=O)c1ccn(-c2ccc3ccc(-c4ccccc4)cn23)n1. The number of hydrogen-bond acceptors (Lipinski definition) is 2. The molecular formula is C24H26N4O. The molecule has 0 atom stereocenters. The van der Waals surface area contributed by atoms with E-state index in [1.165, 1.54) is 5.56 Å². The van der Waals surface area contributed by atoms with Crippen molar-refractivity contribution in [2.24, 2.45) is 0 Å². The largest absolute Gasteiger partial charge is 0.338 e. The lowest BCUT2D eigenvalue weighted by atomic mass is 10.1. The summed E-state index contributed by atoms with van der Waals surface area (Å²) in [6.07, 6.45) is 6.05. The molecule has 0 saturated carbocycles. The summed E-state index contributed by atoms with van der Waals surface area (Å²) in [6.45, 7) is 5.61.